The topological polar surface area (TPSA) is 46.6 Å². The van der Waals surface area contributed by atoms with Crippen LogP contribution in [0.25, 0.3) is 0 Å². The molecule has 0 aliphatic carbocycles. The highest BCUT2D eigenvalue weighted by atomic mass is 16.6. The van der Waals surface area contributed by atoms with Crippen LogP contribution in [-0.4, -0.2) is 34.5 Å². The lowest BCUT2D eigenvalue weighted by Gasteiger charge is -2.45. The Labute approximate surface area is 103 Å². The van der Waals surface area contributed by atoms with E-state index in [2.05, 4.69) is 0 Å². The number of amides is 1. The molecular weight excluding hydrogens is 218 g/mol. The van der Waals surface area contributed by atoms with Gasteiger partial charge in [0.15, 0.2) is 0 Å². The Kier molecular flexibility index (Phi) is 3.84. The second-order valence-electron chi connectivity index (χ2n) is 6.26. The first-order chi connectivity index (χ1) is 7.67. The van der Waals surface area contributed by atoms with E-state index in [9.17, 15) is 9.59 Å². The Morgan fingerprint density at radius 1 is 1.41 bits per heavy atom. The fourth-order valence-electron chi connectivity index (χ4n) is 2.26. The molecule has 1 saturated heterocycles. The average molecular weight is 241 g/mol. The zero-order valence-electron chi connectivity index (χ0n) is 11.4. The molecule has 1 fully saturated rings. The third kappa shape index (κ3) is 3.45. The lowest BCUT2D eigenvalue weighted by atomic mass is 9.87. The number of ether oxygens (including phenoxy) is 1. The standard InChI is InChI=1S/C13H23NO3/c1-12(2,3)17-11(16)14-10(9-15)7-6-8-13(14,4)5/h9-10H,6-8H2,1-5H3. The molecule has 4 heteroatoms. The van der Waals surface area contributed by atoms with Crippen molar-refractivity contribution in [2.45, 2.75) is 71.1 Å². The summed E-state index contributed by atoms with van der Waals surface area (Å²) < 4.78 is 5.37. The summed E-state index contributed by atoms with van der Waals surface area (Å²) >= 11 is 0. The van der Waals surface area contributed by atoms with Gasteiger partial charge in [0.05, 0.1) is 6.04 Å². The van der Waals surface area contributed by atoms with E-state index in [1.54, 1.807) is 4.90 Å². The number of piperidine rings is 1. The number of aldehydes is 1. The molecule has 1 atom stereocenters. The molecule has 0 radical (unpaired) electrons. The third-order valence-electron chi connectivity index (χ3n) is 3.02. The Balaban J connectivity index is 2.88. The van der Waals surface area contributed by atoms with Crippen molar-refractivity contribution in [2.75, 3.05) is 0 Å². The van der Waals surface area contributed by atoms with Crippen molar-refractivity contribution in [1.82, 2.24) is 4.90 Å². The van der Waals surface area contributed by atoms with Gasteiger partial charge in [-0.25, -0.2) is 4.79 Å². The molecule has 0 bridgehead atoms. The average Bonchev–Trinajstić information content (AvgIpc) is 2.12. The van der Waals surface area contributed by atoms with Gasteiger partial charge in [-0.15, -0.1) is 0 Å². The maximum absolute atomic E-state index is 12.1. The maximum atomic E-state index is 12.1. The number of hydrogen-bond donors (Lipinski definition) is 0. The zero-order valence-corrected chi connectivity index (χ0v) is 11.4. The SMILES string of the molecule is CC(C)(C)OC(=O)N1C(C=O)CCCC1(C)C. The van der Waals surface area contributed by atoms with Crippen molar-refractivity contribution in [3.63, 3.8) is 0 Å². The molecule has 1 rings (SSSR count). The van der Waals surface area contributed by atoms with Crippen molar-refractivity contribution < 1.29 is 14.3 Å². The first-order valence-electron chi connectivity index (χ1n) is 6.15. The van der Waals surface area contributed by atoms with Crippen LogP contribution in [-0.2, 0) is 9.53 Å². The Morgan fingerprint density at radius 3 is 2.47 bits per heavy atom. The van der Waals surface area contributed by atoms with Crippen LogP contribution in [0.1, 0.15) is 53.9 Å². The van der Waals surface area contributed by atoms with Crippen LogP contribution in [0.15, 0.2) is 0 Å². The highest BCUT2D eigenvalue weighted by Gasteiger charge is 2.41. The molecule has 0 aromatic carbocycles. The zero-order chi connectivity index (χ0) is 13.3. The molecule has 0 aromatic rings. The first kappa shape index (κ1) is 14.0. The van der Waals surface area contributed by atoms with Crippen molar-refractivity contribution in [1.29, 1.82) is 0 Å². The van der Waals surface area contributed by atoms with E-state index in [4.69, 9.17) is 4.74 Å². The second kappa shape index (κ2) is 4.67. The van der Waals surface area contributed by atoms with Crippen LogP contribution in [0.2, 0.25) is 0 Å². The Morgan fingerprint density at radius 2 is 2.00 bits per heavy atom. The molecule has 0 aromatic heterocycles. The summed E-state index contributed by atoms with van der Waals surface area (Å²) in [5.74, 6) is 0. The molecule has 98 valence electrons. The minimum atomic E-state index is -0.530. The summed E-state index contributed by atoms with van der Waals surface area (Å²) in [6.07, 6.45) is 3.06. The Bertz CT molecular complexity index is 304. The largest absolute Gasteiger partial charge is 0.444 e. The fraction of sp³-hybridized carbons (Fsp3) is 0.846. The third-order valence-corrected chi connectivity index (χ3v) is 3.02. The monoisotopic (exact) mass is 241 g/mol. The van der Waals surface area contributed by atoms with E-state index in [0.717, 1.165) is 25.5 Å². The molecule has 1 unspecified atom stereocenters. The lowest BCUT2D eigenvalue weighted by Crippen LogP contribution is -2.57. The summed E-state index contributed by atoms with van der Waals surface area (Å²) in [5, 5.41) is 0. The molecule has 1 heterocycles. The highest BCUT2D eigenvalue weighted by Crippen LogP contribution is 2.32. The number of nitrogens with zero attached hydrogens (tertiary/aromatic N) is 1. The van der Waals surface area contributed by atoms with Crippen molar-refractivity contribution >= 4 is 12.4 Å². The number of rotatable bonds is 1. The van der Waals surface area contributed by atoms with Gasteiger partial charge in [-0.3, -0.25) is 4.90 Å². The summed E-state index contributed by atoms with van der Waals surface area (Å²) in [7, 11) is 0. The van der Waals surface area contributed by atoms with Crippen LogP contribution in [0, 0.1) is 0 Å². The van der Waals surface area contributed by atoms with Crippen LogP contribution >= 0.6 is 0 Å². The quantitative estimate of drug-likeness (QED) is 0.663. The van der Waals surface area contributed by atoms with Gasteiger partial charge in [-0.2, -0.15) is 0 Å². The molecule has 1 aliphatic heterocycles. The van der Waals surface area contributed by atoms with Crippen LogP contribution in [0.3, 0.4) is 0 Å². The van der Waals surface area contributed by atoms with E-state index in [1.807, 2.05) is 34.6 Å². The van der Waals surface area contributed by atoms with Crippen LogP contribution in [0.5, 0.6) is 0 Å². The summed E-state index contributed by atoms with van der Waals surface area (Å²) in [6, 6.07) is -0.353. The van der Waals surface area contributed by atoms with Gasteiger partial charge in [0.25, 0.3) is 0 Å². The number of likely N-dealkylation sites (tertiary alicyclic amines) is 1. The van der Waals surface area contributed by atoms with Crippen molar-refractivity contribution in [3.8, 4) is 0 Å². The minimum Gasteiger partial charge on any atom is -0.444 e. The van der Waals surface area contributed by atoms with Gasteiger partial charge in [-0.05, 0) is 53.9 Å². The molecule has 0 N–H and O–H groups in total. The smallest absolute Gasteiger partial charge is 0.411 e. The predicted molar refractivity (Wildman–Crippen MR) is 65.9 cm³/mol. The van der Waals surface area contributed by atoms with Gasteiger partial charge in [0.1, 0.15) is 11.9 Å². The molecule has 0 saturated carbocycles. The summed E-state index contributed by atoms with van der Waals surface area (Å²) in [6.45, 7) is 9.45. The van der Waals surface area contributed by atoms with E-state index in [0.29, 0.717) is 0 Å². The molecule has 17 heavy (non-hydrogen) atoms. The van der Waals surface area contributed by atoms with Crippen LogP contribution < -0.4 is 0 Å². The summed E-state index contributed by atoms with van der Waals surface area (Å²) in [5.41, 5.74) is -0.843. The van der Waals surface area contributed by atoms with Gasteiger partial charge in [0, 0.05) is 5.54 Å². The first-order valence-corrected chi connectivity index (χ1v) is 6.15. The highest BCUT2D eigenvalue weighted by molar-refractivity contribution is 5.75. The van der Waals surface area contributed by atoms with Gasteiger partial charge < -0.3 is 9.53 Å². The number of hydrogen-bond acceptors (Lipinski definition) is 3. The molecule has 4 nitrogen and oxygen atoms in total. The maximum Gasteiger partial charge on any atom is 0.411 e. The molecule has 1 aliphatic rings. The van der Waals surface area contributed by atoms with Gasteiger partial charge >= 0.3 is 6.09 Å². The van der Waals surface area contributed by atoms with Crippen LogP contribution in [0.4, 0.5) is 4.79 Å². The van der Waals surface area contributed by atoms with Gasteiger partial charge in [0.2, 0.25) is 0 Å². The van der Waals surface area contributed by atoms with Crippen molar-refractivity contribution in [2.24, 2.45) is 0 Å². The number of carbonyl (C=O) groups excluding carboxylic acids is 2. The fourth-order valence-corrected chi connectivity index (χ4v) is 2.26. The van der Waals surface area contributed by atoms with E-state index in [1.165, 1.54) is 0 Å². The Hall–Kier alpha value is -1.06. The predicted octanol–water partition coefficient (Wildman–Crippen LogP) is 2.75. The van der Waals surface area contributed by atoms with E-state index < -0.39 is 5.60 Å². The van der Waals surface area contributed by atoms with E-state index >= 15 is 0 Å². The molecule has 1 amide bonds. The normalized spacial score (nSPS) is 24.3. The van der Waals surface area contributed by atoms with Crippen molar-refractivity contribution in [3.05, 3.63) is 0 Å². The molecular formula is C13H23NO3. The number of carbonyl (C=O) groups is 2. The lowest BCUT2D eigenvalue weighted by molar-refractivity contribution is -0.116. The second-order valence-corrected chi connectivity index (χ2v) is 6.26. The molecule has 0 spiro atoms. The van der Waals surface area contributed by atoms with E-state index in [-0.39, 0.29) is 17.7 Å². The minimum absolute atomic E-state index is 0.313. The summed E-state index contributed by atoms with van der Waals surface area (Å²) in [4.78, 5) is 24.8. The van der Waals surface area contributed by atoms with Gasteiger partial charge in [-0.1, -0.05) is 0 Å².